The summed E-state index contributed by atoms with van der Waals surface area (Å²) in [7, 11) is 1.58. The topological polar surface area (TPSA) is 37.4 Å². The zero-order valence-corrected chi connectivity index (χ0v) is 15.3. The Balaban J connectivity index is 3.07. The van der Waals surface area contributed by atoms with E-state index in [2.05, 4.69) is 55.4 Å². The lowest BCUT2D eigenvalue weighted by molar-refractivity contribution is 0.0691. The van der Waals surface area contributed by atoms with Gasteiger partial charge < -0.3 is 0 Å². The smallest absolute Gasteiger partial charge is 0.261 e. The third-order valence-corrected chi connectivity index (χ3v) is 4.60. The van der Waals surface area contributed by atoms with Crippen molar-refractivity contribution < 1.29 is 9.59 Å². The molecule has 0 spiro atoms. The molecule has 0 fully saturated rings. The Labute approximate surface area is 133 Å². The van der Waals surface area contributed by atoms with Crippen LogP contribution in [0.1, 0.15) is 84.5 Å². The van der Waals surface area contributed by atoms with Crippen molar-refractivity contribution in [1.29, 1.82) is 0 Å². The van der Waals surface area contributed by atoms with Crippen molar-refractivity contribution >= 4 is 11.8 Å². The molecule has 0 aromatic heterocycles. The van der Waals surface area contributed by atoms with E-state index in [-0.39, 0.29) is 22.6 Å². The minimum Gasteiger partial charge on any atom is -0.277 e. The summed E-state index contributed by atoms with van der Waals surface area (Å²) >= 11 is 0. The van der Waals surface area contributed by atoms with Gasteiger partial charge in [-0.15, -0.1) is 0 Å². The Morgan fingerprint density at radius 1 is 0.682 bits per heavy atom. The van der Waals surface area contributed by atoms with E-state index in [1.807, 2.05) is 0 Å². The minimum atomic E-state index is -0.184. The lowest BCUT2D eigenvalue weighted by atomic mass is 9.72. The summed E-state index contributed by atoms with van der Waals surface area (Å²) in [6.45, 7) is 16.7. The highest BCUT2D eigenvalue weighted by Gasteiger charge is 2.43. The molecule has 0 atom stereocenters. The number of imide groups is 1. The molecular weight excluding hydrogens is 274 g/mol. The van der Waals surface area contributed by atoms with Crippen molar-refractivity contribution in [2.45, 2.75) is 66.2 Å². The number of hydrogen-bond donors (Lipinski definition) is 0. The van der Waals surface area contributed by atoms with Crippen LogP contribution >= 0.6 is 0 Å². The Morgan fingerprint density at radius 2 is 0.955 bits per heavy atom. The van der Waals surface area contributed by atoms with Gasteiger partial charge in [0.1, 0.15) is 0 Å². The Kier molecular flexibility index (Phi) is 3.55. The monoisotopic (exact) mass is 301 g/mol. The minimum absolute atomic E-state index is 0.168. The summed E-state index contributed by atoms with van der Waals surface area (Å²) in [4.78, 5) is 26.7. The number of carbonyl (C=O) groups is 2. The highest BCUT2D eigenvalue weighted by molar-refractivity contribution is 6.23. The van der Waals surface area contributed by atoms with Gasteiger partial charge in [-0.1, -0.05) is 41.5 Å². The van der Waals surface area contributed by atoms with E-state index in [1.165, 1.54) is 4.90 Å². The molecule has 120 valence electrons. The maximum absolute atomic E-state index is 12.7. The van der Waals surface area contributed by atoms with Gasteiger partial charge >= 0.3 is 0 Å². The van der Waals surface area contributed by atoms with Crippen molar-refractivity contribution in [2.75, 3.05) is 7.05 Å². The summed E-state index contributed by atoms with van der Waals surface area (Å²) in [6.07, 6.45) is 0. The fourth-order valence-corrected chi connectivity index (χ4v) is 3.73. The zero-order valence-electron chi connectivity index (χ0n) is 15.3. The number of hydrogen-bond acceptors (Lipinski definition) is 2. The van der Waals surface area contributed by atoms with Crippen LogP contribution in [0.3, 0.4) is 0 Å². The van der Waals surface area contributed by atoms with Crippen molar-refractivity contribution in [3.63, 3.8) is 0 Å². The lowest BCUT2D eigenvalue weighted by Gasteiger charge is -2.31. The van der Waals surface area contributed by atoms with E-state index >= 15 is 0 Å². The highest BCUT2D eigenvalue weighted by Crippen LogP contribution is 2.43. The summed E-state index contributed by atoms with van der Waals surface area (Å²) in [5.74, 6) is -0.336. The van der Waals surface area contributed by atoms with E-state index in [4.69, 9.17) is 0 Å². The van der Waals surface area contributed by atoms with Gasteiger partial charge in [0.05, 0.1) is 11.1 Å². The second-order valence-corrected chi connectivity index (χ2v) is 8.42. The largest absolute Gasteiger partial charge is 0.277 e. The van der Waals surface area contributed by atoms with Crippen molar-refractivity contribution in [3.8, 4) is 0 Å². The van der Waals surface area contributed by atoms with E-state index in [0.717, 1.165) is 22.3 Å². The van der Waals surface area contributed by atoms with Crippen LogP contribution in [0.5, 0.6) is 0 Å². The zero-order chi connectivity index (χ0) is 17.2. The van der Waals surface area contributed by atoms with Crippen LogP contribution in [0.4, 0.5) is 0 Å². The molecule has 0 saturated carbocycles. The quantitative estimate of drug-likeness (QED) is 0.676. The molecule has 3 nitrogen and oxygen atoms in total. The van der Waals surface area contributed by atoms with Gasteiger partial charge in [0, 0.05) is 7.05 Å². The first kappa shape index (κ1) is 16.7. The number of nitrogens with zero attached hydrogens (tertiary/aromatic N) is 1. The fourth-order valence-electron chi connectivity index (χ4n) is 3.73. The molecule has 1 aliphatic heterocycles. The van der Waals surface area contributed by atoms with Gasteiger partial charge in [-0.2, -0.15) is 0 Å². The summed E-state index contributed by atoms with van der Waals surface area (Å²) in [6, 6.07) is 0. The standard InChI is InChI=1S/C19H27NO2/c1-10-11(2)15(19(6,7)8)13-12(14(10)18(3,4)5)16(21)20(9)17(13)22/h1-9H3. The van der Waals surface area contributed by atoms with Gasteiger partial charge in [-0.25, -0.2) is 0 Å². The molecule has 2 rings (SSSR count). The molecule has 1 aromatic carbocycles. The first-order chi connectivity index (χ1) is 9.80. The average molecular weight is 301 g/mol. The van der Waals surface area contributed by atoms with Crippen molar-refractivity contribution in [3.05, 3.63) is 33.4 Å². The number of rotatable bonds is 0. The molecular formula is C19H27NO2. The number of amides is 2. The molecule has 2 amide bonds. The number of benzene rings is 1. The predicted octanol–water partition coefficient (Wildman–Crippen LogP) is 4.12. The Hall–Kier alpha value is -1.64. The van der Waals surface area contributed by atoms with Crippen LogP contribution in [0, 0.1) is 13.8 Å². The van der Waals surface area contributed by atoms with E-state index in [9.17, 15) is 9.59 Å². The molecule has 0 bridgehead atoms. The molecule has 1 aromatic rings. The van der Waals surface area contributed by atoms with Crippen molar-refractivity contribution in [2.24, 2.45) is 0 Å². The normalized spacial score (nSPS) is 15.6. The van der Waals surface area contributed by atoms with E-state index in [0.29, 0.717) is 11.1 Å². The second kappa shape index (κ2) is 4.68. The van der Waals surface area contributed by atoms with Crippen LogP contribution in [0.15, 0.2) is 0 Å². The van der Waals surface area contributed by atoms with Crippen LogP contribution in [-0.2, 0) is 10.8 Å². The summed E-state index contributed by atoms with van der Waals surface area (Å²) < 4.78 is 0. The molecule has 1 heterocycles. The van der Waals surface area contributed by atoms with Gasteiger partial charge in [-0.05, 0) is 46.9 Å². The molecule has 0 radical (unpaired) electrons. The van der Waals surface area contributed by atoms with E-state index in [1.54, 1.807) is 7.05 Å². The maximum atomic E-state index is 12.7. The highest BCUT2D eigenvalue weighted by atomic mass is 16.2. The lowest BCUT2D eigenvalue weighted by Crippen LogP contribution is -2.26. The van der Waals surface area contributed by atoms with Crippen molar-refractivity contribution in [1.82, 2.24) is 4.90 Å². The molecule has 0 saturated heterocycles. The Morgan fingerprint density at radius 3 is 1.18 bits per heavy atom. The van der Waals surface area contributed by atoms with Gasteiger partial charge in [0.15, 0.2) is 0 Å². The van der Waals surface area contributed by atoms with Crippen LogP contribution in [-0.4, -0.2) is 23.8 Å². The third kappa shape index (κ3) is 2.18. The fraction of sp³-hybridized carbons (Fsp3) is 0.579. The number of carbonyl (C=O) groups excluding carboxylic acids is 2. The molecule has 0 N–H and O–H groups in total. The SMILES string of the molecule is Cc1c(C)c(C(C)(C)C)c2c(c1C(C)(C)C)C(=O)N(C)C2=O. The third-order valence-electron chi connectivity index (χ3n) is 4.60. The average Bonchev–Trinajstić information content (AvgIpc) is 2.53. The second-order valence-electron chi connectivity index (χ2n) is 8.42. The van der Waals surface area contributed by atoms with Crippen LogP contribution in [0.25, 0.3) is 0 Å². The number of fused-ring (bicyclic) bond motifs is 1. The van der Waals surface area contributed by atoms with Crippen LogP contribution < -0.4 is 0 Å². The van der Waals surface area contributed by atoms with Gasteiger partial charge in [0.25, 0.3) is 11.8 Å². The van der Waals surface area contributed by atoms with Crippen LogP contribution in [0.2, 0.25) is 0 Å². The first-order valence-electron chi connectivity index (χ1n) is 7.80. The maximum Gasteiger partial charge on any atom is 0.261 e. The van der Waals surface area contributed by atoms with E-state index < -0.39 is 0 Å². The van der Waals surface area contributed by atoms with Gasteiger partial charge in [0.2, 0.25) is 0 Å². The van der Waals surface area contributed by atoms with Gasteiger partial charge in [-0.3, -0.25) is 14.5 Å². The molecule has 1 aliphatic rings. The molecule has 0 aliphatic carbocycles. The first-order valence-corrected chi connectivity index (χ1v) is 7.80. The molecule has 0 unspecified atom stereocenters. The molecule has 22 heavy (non-hydrogen) atoms. The summed E-state index contributed by atoms with van der Waals surface area (Å²) in [5.41, 5.74) is 5.15. The summed E-state index contributed by atoms with van der Waals surface area (Å²) in [5, 5.41) is 0. The molecule has 3 heteroatoms. The predicted molar refractivity (Wildman–Crippen MR) is 89.7 cm³/mol. The Bertz CT molecular complexity index is 626.